The van der Waals surface area contributed by atoms with Crippen molar-refractivity contribution in [1.82, 2.24) is 5.32 Å². The van der Waals surface area contributed by atoms with E-state index < -0.39 is 0 Å². The second-order valence-corrected chi connectivity index (χ2v) is 5.84. The van der Waals surface area contributed by atoms with Gasteiger partial charge in [-0.2, -0.15) is 0 Å². The van der Waals surface area contributed by atoms with E-state index in [1.54, 1.807) is 21.3 Å². The third-order valence-electron chi connectivity index (χ3n) is 3.26. The molecule has 20 heavy (non-hydrogen) atoms. The summed E-state index contributed by atoms with van der Waals surface area (Å²) in [5.41, 5.74) is 1.13. The van der Waals surface area contributed by atoms with Crippen molar-refractivity contribution < 1.29 is 14.2 Å². The molecule has 1 unspecified atom stereocenters. The Morgan fingerprint density at radius 1 is 1.10 bits per heavy atom. The van der Waals surface area contributed by atoms with E-state index in [9.17, 15) is 0 Å². The van der Waals surface area contributed by atoms with Crippen LogP contribution in [0.3, 0.4) is 0 Å². The highest BCUT2D eigenvalue weighted by Crippen LogP contribution is 2.33. The van der Waals surface area contributed by atoms with Crippen molar-refractivity contribution >= 4 is 15.9 Å². The number of benzene rings is 1. The molecule has 1 N–H and O–H groups in total. The van der Waals surface area contributed by atoms with Gasteiger partial charge in [-0.1, -0.05) is 29.8 Å². The van der Waals surface area contributed by atoms with Crippen LogP contribution in [0.25, 0.3) is 0 Å². The van der Waals surface area contributed by atoms with E-state index in [-0.39, 0.29) is 0 Å². The smallest absolute Gasteiger partial charge is 0.161 e. The molecule has 114 valence electrons. The minimum atomic E-state index is 0.319. The van der Waals surface area contributed by atoms with Gasteiger partial charge in [0.1, 0.15) is 0 Å². The zero-order valence-electron chi connectivity index (χ0n) is 12.8. The second-order valence-electron chi connectivity index (χ2n) is 4.99. The molecular weight excluding hydrogens is 322 g/mol. The summed E-state index contributed by atoms with van der Waals surface area (Å²) in [6.07, 6.45) is 0. The first-order valence-electron chi connectivity index (χ1n) is 6.66. The first kappa shape index (κ1) is 17.3. The summed E-state index contributed by atoms with van der Waals surface area (Å²) in [7, 11) is 5.00. The SMILES string of the molecule is COCC(NCc1cc(OC)c(OC)cc1Br)C(C)C. The van der Waals surface area contributed by atoms with Gasteiger partial charge in [0.25, 0.3) is 0 Å². The van der Waals surface area contributed by atoms with Crippen molar-refractivity contribution in [3.63, 3.8) is 0 Å². The maximum atomic E-state index is 5.34. The number of methoxy groups -OCH3 is 3. The van der Waals surface area contributed by atoms with E-state index >= 15 is 0 Å². The number of nitrogens with one attached hydrogen (secondary N) is 1. The summed E-state index contributed by atoms with van der Waals surface area (Å²) in [6.45, 7) is 5.80. The van der Waals surface area contributed by atoms with Crippen LogP contribution < -0.4 is 14.8 Å². The molecule has 0 aliphatic heterocycles. The van der Waals surface area contributed by atoms with E-state index in [2.05, 4.69) is 35.1 Å². The first-order chi connectivity index (χ1) is 9.53. The van der Waals surface area contributed by atoms with E-state index in [0.29, 0.717) is 18.6 Å². The Balaban J connectivity index is 2.81. The molecule has 1 aromatic rings. The van der Waals surface area contributed by atoms with Crippen LogP contribution in [0.1, 0.15) is 19.4 Å². The summed E-state index contributed by atoms with van der Waals surface area (Å²) < 4.78 is 16.9. The fourth-order valence-electron chi connectivity index (χ4n) is 1.94. The topological polar surface area (TPSA) is 39.7 Å². The van der Waals surface area contributed by atoms with E-state index in [1.807, 2.05) is 12.1 Å². The van der Waals surface area contributed by atoms with Gasteiger partial charge in [0.05, 0.1) is 20.8 Å². The molecule has 0 heterocycles. The quantitative estimate of drug-likeness (QED) is 0.785. The standard InChI is InChI=1S/C15H24BrNO3/c1-10(2)13(9-18-3)17-8-11-6-14(19-4)15(20-5)7-12(11)16/h6-7,10,13,17H,8-9H2,1-5H3. The van der Waals surface area contributed by atoms with Crippen LogP contribution in [0.4, 0.5) is 0 Å². The van der Waals surface area contributed by atoms with Gasteiger partial charge in [-0.25, -0.2) is 0 Å². The van der Waals surface area contributed by atoms with Crippen molar-refractivity contribution in [2.24, 2.45) is 5.92 Å². The van der Waals surface area contributed by atoms with Gasteiger partial charge < -0.3 is 19.5 Å². The normalized spacial score (nSPS) is 12.6. The maximum absolute atomic E-state index is 5.34. The molecule has 0 saturated heterocycles. The largest absolute Gasteiger partial charge is 0.493 e. The van der Waals surface area contributed by atoms with E-state index in [1.165, 1.54) is 0 Å². The third-order valence-corrected chi connectivity index (χ3v) is 4.00. The lowest BCUT2D eigenvalue weighted by Gasteiger charge is -2.22. The predicted octanol–water partition coefficient (Wildman–Crippen LogP) is 3.23. The van der Waals surface area contributed by atoms with Crippen LogP contribution in [0.15, 0.2) is 16.6 Å². The lowest BCUT2D eigenvalue weighted by atomic mass is 10.0. The molecular formula is C15H24BrNO3. The summed E-state index contributed by atoms with van der Waals surface area (Å²) in [5.74, 6) is 1.97. The first-order valence-corrected chi connectivity index (χ1v) is 7.45. The average Bonchev–Trinajstić information content (AvgIpc) is 2.43. The number of halogens is 1. The predicted molar refractivity (Wildman–Crippen MR) is 84.6 cm³/mol. The molecule has 0 aliphatic rings. The minimum absolute atomic E-state index is 0.319. The summed E-state index contributed by atoms with van der Waals surface area (Å²) >= 11 is 3.57. The van der Waals surface area contributed by atoms with E-state index in [4.69, 9.17) is 14.2 Å². The lowest BCUT2D eigenvalue weighted by molar-refractivity contribution is 0.146. The van der Waals surface area contributed by atoms with Crippen molar-refractivity contribution in [1.29, 1.82) is 0 Å². The van der Waals surface area contributed by atoms with Crippen LogP contribution >= 0.6 is 15.9 Å². The Kier molecular flexibility index (Phi) is 7.34. The van der Waals surface area contributed by atoms with Gasteiger partial charge >= 0.3 is 0 Å². The van der Waals surface area contributed by atoms with Gasteiger partial charge in [0.2, 0.25) is 0 Å². The van der Waals surface area contributed by atoms with Gasteiger partial charge in [-0.15, -0.1) is 0 Å². The van der Waals surface area contributed by atoms with Crippen LogP contribution in [0.5, 0.6) is 11.5 Å². The molecule has 0 spiro atoms. The van der Waals surface area contributed by atoms with Crippen molar-refractivity contribution in [3.05, 3.63) is 22.2 Å². The molecule has 1 aromatic carbocycles. The Hall–Kier alpha value is -0.780. The highest BCUT2D eigenvalue weighted by atomic mass is 79.9. The molecule has 0 bridgehead atoms. The monoisotopic (exact) mass is 345 g/mol. The highest BCUT2D eigenvalue weighted by Gasteiger charge is 2.14. The highest BCUT2D eigenvalue weighted by molar-refractivity contribution is 9.10. The fourth-order valence-corrected chi connectivity index (χ4v) is 2.40. The van der Waals surface area contributed by atoms with Crippen LogP contribution in [0.2, 0.25) is 0 Å². The molecule has 0 fully saturated rings. The van der Waals surface area contributed by atoms with Crippen molar-refractivity contribution in [2.45, 2.75) is 26.4 Å². The van der Waals surface area contributed by atoms with Crippen LogP contribution in [-0.2, 0) is 11.3 Å². The van der Waals surface area contributed by atoms with Crippen molar-refractivity contribution in [3.8, 4) is 11.5 Å². The molecule has 0 saturated carbocycles. The number of hydrogen-bond donors (Lipinski definition) is 1. The molecule has 1 atom stereocenters. The molecule has 1 rings (SSSR count). The van der Waals surface area contributed by atoms with Gasteiger partial charge in [0.15, 0.2) is 11.5 Å². The van der Waals surface area contributed by atoms with Crippen molar-refractivity contribution in [2.75, 3.05) is 27.9 Å². The Bertz CT molecular complexity index is 424. The lowest BCUT2D eigenvalue weighted by Crippen LogP contribution is -2.37. The fraction of sp³-hybridized carbons (Fsp3) is 0.600. The minimum Gasteiger partial charge on any atom is -0.493 e. The van der Waals surface area contributed by atoms with Crippen LogP contribution in [-0.4, -0.2) is 34.0 Å². The molecule has 5 heteroatoms. The van der Waals surface area contributed by atoms with Gasteiger partial charge in [-0.3, -0.25) is 0 Å². The molecule has 0 aliphatic carbocycles. The zero-order valence-corrected chi connectivity index (χ0v) is 14.4. The molecule has 4 nitrogen and oxygen atoms in total. The Morgan fingerprint density at radius 3 is 2.20 bits per heavy atom. The molecule has 0 radical (unpaired) electrons. The molecule has 0 aromatic heterocycles. The zero-order chi connectivity index (χ0) is 15.1. The number of rotatable bonds is 8. The summed E-state index contributed by atoms with van der Waals surface area (Å²) in [5, 5.41) is 3.51. The maximum Gasteiger partial charge on any atom is 0.161 e. The molecule has 0 amide bonds. The number of hydrogen-bond acceptors (Lipinski definition) is 4. The van der Waals surface area contributed by atoms with Gasteiger partial charge in [0, 0.05) is 24.2 Å². The summed E-state index contributed by atoms with van der Waals surface area (Å²) in [4.78, 5) is 0. The second kappa shape index (κ2) is 8.49. The Morgan fingerprint density at radius 2 is 1.70 bits per heavy atom. The summed E-state index contributed by atoms with van der Waals surface area (Å²) in [6, 6.07) is 4.23. The van der Waals surface area contributed by atoms with E-state index in [0.717, 1.165) is 28.1 Å². The van der Waals surface area contributed by atoms with Crippen LogP contribution in [0, 0.1) is 5.92 Å². The average molecular weight is 346 g/mol. The number of ether oxygens (including phenoxy) is 3. The third kappa shape index (κ3) is 4.65. The Labute approximate surface area is 129 Å². The van der Waals surface area contributed by atoms with Gasteiger partial charge in [-0.05, 0) is 23.6 Å².